The lowest BCUT2D eigenvalue weighted by Gasteiger charge is -2.39. The minimum Gasteiger partial charge on any atom is -0.508 e. The van der Waals surface area contributed by atoms with Crippen molar-refractivity contribution in [1.82, 2.24) is 10.3 Å². The maximum atomic E-state index is 10.3. The first kappa shape index (κ1) is 20.1. The maximum Gasteiger partial charge on any atom is 0.132 e. The Bertz CT molecular complexity index is 1030. The number of nitrogens with one attached hydrogen (secondary N) is 1. The smallest absolute Gasteiger partial charge is 0.132 e. The first-order valence-electron chi connectivity index (χ1n) is 10.8. The SMILES string of the molecule is Cc1cc(O)cc(-c2c(C)c(N3CCC4(CNC4)C3)nc3c2COC(C)(C)C3)c1Cl. The lowest BCUT2D eigenvalue weighted by Crippen LogP contribution is -2.54. The van der Waals surface area contributed by atoms with Crippen molar-refractivity contribution in [3.63, 3.8) is 0 Å². The Balaban J connectivity index is 1.70. The molecule has 2 aromatic rings. The van der Waals surface area contributed by atoms with Crippen molar-refractivity contribution in [2.75, 3.05) is 31.1 Å². The van der Waals surface area contributed by atoms with Crippen molar-refractivity contribution in [3.05, 3.63) is 39.5 Å². The fraction of sp³-hybridized carbons (Fsp3) is 0.542. The number of anilines is 1. The summed E-state index contributed by atoms with van der Waals surface area (Å²) in [5.41, 5.74) is 6.27. The molecule has 6 heteroatoms. The third-order valence-corrected chi connectivity index (χ3v) is 7.55. The van der Waals surface area contributed by atoms with Crippen molar-refractivity contribution in [2.45, 2.75) is 52.7 Å². The first-order chi connectivity index (χ1) is 14.2. The van der Waals surface area contributed by atoms with Crippen LogP contribution < -0.4 is 10.2 Å². The van der Waals surface area contributed by atoms with E-state index in [-0.39, 0.29) is 11.4 Å². The van der Waals surface area contributed by atoms with E-state index in [0.717, 1.165) is 71.9 Å². The van der Waals surface area contributed by atoms with E-state index in [1.54, 1.807) is 12.1 Å². The molecule has 2 N–H and O–H groups in total. The van der Waals surface area contributed by atoms with Crippen molar-refractivity contribution in [3.8, 4) is 16.9 Å². The van der Waals surface area contributed by atoms with E-state index in [0.29, 0.717) is 17.0 Å². The summed E-state index contributed by atoms with van der Waals surface area (Å²) in [4.78, 5) is 7.65. The molecule has 3 aliphatic rings. The molecule has 0 radical (unpaired) electrons. The Morgan fingerprint density at radius 1 is 1.23 bits per heavy atom. The van der Waals surface area contributed by atoms with Crippen LogP contribution in [-0.4, -0.2) is 41.9 Å². The topological polar surface area (TPSA) is 57.6 Å². The van der Waals surface area contributed by atoms with Crippen LogP contribution in [0.5, 0.6) is 5.75 Å². The number of hydrogen-bond donors (Lipinski definition) is 2. The minimum atomic E-state index is -0.244. The highest BCUT2D eigenvalue weighted by molar-refractivity contribution is 6.34. The Hall–Kier alpha value is -1.82. The van der Waals surface area contributed by atoms with E-state index in [2.05, 4.69) is 31.0 Å². The third-order valence-electron chi connectivity index (χ3n) is 7.05. The van der Waals surface area contributed by atoms with Crippen molar-refractivity contribution in [2.24, 2.45) is 5.41 Å². The number of aromatic nitrogens is 1. The van der Waals surface area contributed by atoms with Gasteiger partial charge in [0.15, 0.2) is 0 Å². The molecule has 1 aromatic carbocycles. The summed E-state index contributed by atoms with van der Waals surface area (Å²) in [6, 6.07) is 3.49. The minimum absolute atomic E-state index is 0.233. The van der Waals surface area contributed by atoms with Gasteiger partial charge in [-0.05, 0) is 62.9 Å². The van der Waals surface area contributed by atoms with Crippen LogP contribution >= 0.6 is 11.6 Å². The van der Waals surface area contributed by atoms with E-state index < -0.39 is 0 Å². The molecule has 0 aliphatic carbocycles. The summed E-state index contributed by atoms with van der Waals surface area (Å²) in [7, 11) is 0. The quantitative estimate of drug-likeness (QED) is 0.745. The number of halogens is 1. The molecule has 1 spiro atoms. The second-order valence-electron chi connectivity index (χ2n) is 9.99. The van der Waals surface area contributed by atoms with Gasteiger partial charge in [-0.15, -0.1) is 0 Å². The van der Waals surface area contributed by atoms with Crippen LogP contribution in [0.2, 0.25) is 5.02 Å². The Labute approximate surface area is 183 Å². The number of hydrogen-bond acceptors (Lipinski definition) is 5. The molecular formula is C24H30ClN3O2. The Kier molecular flexibility index (Phi) is 4.58. The zero-order chi connectivity index (χ0) is 21.3. The van der Waals surface area contributed by atoms with Gasteiger partial charge in [-0.3, -0.25) is 0 Å². The normalized spacial score (nSPS) is 21.6. The largest absolute Gasteiger partial charge is 0.508 e. The zero-order valence-electron chi connectivity index (χ0n) is 18.2. The number of pyridine rings is 1. The lowest BCUT2D eigenvalue weighted by atomic mass is 9.81. The summed E-state index contributed by atoms with van der Waals surface area (Å²) in [5.74, 6) is 1.29. The van der Waals surface area contributed by atoms with Crippen LogP contribution in [0, 0.1) is 19.3 Å². The Morgan fingerprint density at radius 3 is 2.67 bits per heavy atom. The fourth-order valence-electron chi connectivity index (χ4n) is 5.27. The van der Waals surface area contributed by atoms with E-state index in [9.17, 15) is 5.11 Å². The molecule has 30 heavy (non-hydrogen) atoms. The van der Waals surface area contributed by atoms with Gasteiger partial charge in [0.1, 0.15) is 11.6 Å². The lowest BCUT2D eigenvalue weighted by molar-refractivity contribution is -0.0410. The number of aryl methyl sites for hydroxylation is 1. The second kappa shape index (κ2) is 6.84. The summed E-state index contributed by atoms with van der Waals surface area (Å²) in [6.45, 7) is 13.1. The monoisotopic (exact) mass is 427 g/mol. The third kappa shape index (κ3) is 3.19. The number of aromatic hydroxyl groups is 1. The fourth-order valence-corrected chi connectivity index (χ4v) is 5.48. The standard InChI is InChI=1S/C24H30ClN3O2/c1-14-7-16(29)8-17(21(14)25)20-15(2)22(28-6-5-24(13-28)11-26-12-24)27-19-9-23(3,4)30-10-18(19)20/h7-8,26,29H,5-6,9-13H2,1-4H3. The van der Waals surface area contributed by atoms with Crippen LogP contribution in [0.1, 0.15) is 42.7 Å². The molecule has 2 saturated heterocycles. The predicted molar refractivity (Wildman–Crippen MR) is 121 cm³/mol. The molecule has 0 amide bonds. The highest BCUT2D eigenvalue weighted by Crippen LogP contribution is 2.45. The average Bonchev–Trinajstić information content (AvgIpc) is 3.10. The van der Waals surface area contributed by atoms with E-state index in [1.807, 2.05) is 6.92 Å². The predicted octanol–water partition coefficient (Wildman–Crippen LogP) is 4.38. The van der Waals surface area contributed by atoms with Gasteiger partial charge in [-0.2, -0.15) is 0 Å². The highest BCUT2D eigenvalue weighted by atomic mass is 35.5. The Morgan fingerprint density at radius 2 is 2.00 bits per heavy atom. The molecule has 160 valence electrons. The molecular weight excluding hydrogens is 398 g/mol. The van der Waals surface area contributed by atoms with Gasteiger partial charge >= 0.3 is 0 Å². The van der Waals surface area contributed by atoms with E-state index in [4.69, 9.17) is 21.3 Å². The van der Waals surface area contributed by atoms with Crippen molar-refractivity contribution in [1.29, 1.82) is 0 Å². The molecule has 0 bridgehead atoms. The number of nitrogens with zero attached hydrogens (tertiary/aromatic N) is 2. The van der Waals surface area contributed by atoms with Gasteiger partial charge in [0.25, 0.3) is 0 Å². The van der Waals surface area contributed by atoms with Gasteiger partial charge in [0, 0.05) is 49.1 Å². The molecule has 2 fully saturated rings. The van der Waals surface area contributed by atoms with Gasteiger partial charge in [0.05, 0.1) is 22.9 Å². The van der Waals surface area contributed by atoms with Crippen LogP contribution in [0.4, 0.5) is 5.82 Å². The molecule has 1 aromatic heterocycles. The number of rotatable bonds is 2. The molecule has 0 atom stereocenters. The van der Waals surface area contributed by atoms with E-state index in [1.165, 1.54) is 6.42 Å². The van der Waals surface area contributed by atoms with Crippen LogP contribution in [0.25, 0.3) is 11.1 Å². The van der Waals surface area contributed by atoms with Crippen molar-refractivity contribution >= 4 is 17.4 Å². The zero-order valence-corrected chi connectivity index (χ0v) is 19.0. The van der Waals surface area contributed by atoms with Crippen LogP contribution in [-0.2, 0) is 17.8 Å². The number of fused-ring (bicyclic) bond motifs is 1. The summed E-state index contributed by atoms with van der Waals surface area (Å²) < 4.78 is 6.17. The van der Waals surface area contributed by atoms with Gasteiger partial charge < -0.3 is 20.1 Å². The van der Waals surface area contributed by atoms with E-state index >= 15 is 0 Å². The summed E-state index contributed by atoms with van der Waals surface area (Å²) in [6.07, 6.45) is 1.96. The second-order valence-corrected chi connectivity index (χ2v) is 10.4. The van der Waals surface area contributed by atoms with Gasteiger partial charge in [-0.1, -0.05) is 11.6 Å². The first-order valence-corrected chi connectivity index (χ1v) is 11.2. The molecule has 4 heterocycles. The number of ether oxygens (including phenoxy) is 1. The highest BCUT2D eigenvalue weighted by Gasteiger charge is 2.44. The van der Waals surface area contributed by atoms with Gasteiger partial charge in [-0.25, -0.2) is 4.98 Å². The maximum absolute atomic E-state index is 10.3. The number of benzene rings is 1. The van der Waals surface area contributed by atoms with Crippen LogP contribution in [0.3, 0.4) is 0 Å². The molecule has 0 saturated carbocycles. The van der Waals surface area contributed by atoms with Gasteiger partial charge in [0.2, 0.25) is 0 Å². The summed E-state index contributed by atoms with van der Waals surface area (Å²) in [5, 5.41) is 14.4. The molecule has 3 aliphatic heterocycles. The molecule has 5 nitrogen and oxygen atoms in total. The average molecular weight is 428 g/mol. The molecule has 0 unspecified atom stereocenters. The van der Waals surface area contributed by atoms with Crippen LogP contribution in [0.15, 0.2) is 12.1 Å². The summed E-state index contributed by atoms with van der Waals surface area (Å²) >= 11 is 6.76. The number of phenols is 1. The number of phenolic OH excluding ortho intramolecular Hbond substituents is 1. The molecule has 5 rings (SSSR count). The van der Waals surface area contributed by atoms with Crippen molar-refractivity contribution < 1.29 is 9.84 Å².